The number of aryl methyl sites for hydroxylation is 1. The third-order valence-electron chi connectivity index (χ3n) is 3.78. The van der Waals surface area contributed by atoms with Gasteiger partial charge in [-0.15, -0.1) is 0 Å². The van der Waals surface area contributed by atoms with Crippen LogP contribution in [0.1, 0.15) is 28.7 Å². The van der Waals surface area contributed by atoms with E-state index >= 15 is 0 Å². The van der Waals surface area contributed by atoms with Crippen molar-refractivity contribution in [2.45, 2.75) is 13.3 Å². The molecule has 0 fully saturated rings. The highest BCUT2D eigenvalue weighted by atomic mass is 16.1. The van der Waals surface area contributed by atoms with Crippen LogP contribution in [0.3, 0.4) is 0 Å². The lowest BCUT2D eigenvalue weighted by atomic mass is 9.97. The van der Waals surface area contributed by atoms with E-state index in [1.807, 2.05) is 43.3 Å². The maximum Gasteiger partial charge on any atom is 0.223 e. The number of carbonyl (C=O) groups excluding carboxylic acids is 1. The van der Waals surface area contributed by atoms with Crippen molar-refractivity contribution in [3.8, 4) is 0 Å². The molecular weight excluding hydrogens is 286 g/mol. The van der Waals surface area contributed by atoms with Gasteiger partial charge in [0.25, 0.3) is 0 Å². The molecule has 3 rings (SSSR count). The van der Waals surface area contributed by atoms with Gasteiger partial charge in [0.2, 0.25) is 5.91 Å². The summed E-state index contributed by atoms with van der Waals surface area (Å²) in [6.45, 7) is 2.04. The van der Waals surface area contributed by atoms with Crippen LogP contribution in [0.2, 0.25) is 0 Å². The monoisotopic (exact) mass is 301 g/mol. The van der Waals surface area contributed by atoms with Crippen molar-refractivity contribution in [2.24, 2.45) is 5.11 Å². The molecule has 0 aliphatic heterocycles. The zero-order chi connectivity index (χ0) is 16.2. The number of rotatable bonds is 3. The highest BCUT2D eigenvalue weighted by Crippen LogP contribution is 2.39. The van der Waals surface area contributed by atoms with Gasteiger partial charge in [-0.25, -0.2) is 0 Å². The molecule has 0 saturated heterocycles. The van der Waals surface area contributed by atoms with Gasteiger partial charge in [-0.1, -0.05) is 60.2 Å². The smallest absolute Gasteiger partial charge is 0.223 e. The van der Waals surface area contributed by atoms with Gasteiger partial charge < -0.3 is 0 Å². The first-order valence-corrected chi connectivity index (χ1v) is 7.34. The predicted octanol–water partition coefficient (Wildman–Crippen LogP) is 5.16. The number of amides is 1. The molecule has 4 nitrogen and oxygen atoms in total. The van der Waals surface area contributed by atoms with Crippen LogP contribution < -0.4 is 0 Å². The lowest BCUT2D eigenvalue weighted by Gasteiger charge is -2.07. The van der Waals surface area contributed by atoms with E-state index in [1.165, 1.54) is 5.56 Å². The molecule has 1 aliphatic rings. The number of allylic oxidation sites excluding steroid dienone is 1. The van der Waals surface area contributed by atoms with Gasteiger partial charge in [0.05, 0.1) is 0 Å². The maximum atomic E-state index is 11.7. The first kappa shape index (κ1) is 14.8. The van der Waals surface area contributed by atoms with E-state index in [0.29, 0.717) is 0 Å². The number of hydrogen-bond donors (Lipinski definition) is 0. The Hall–Kier alpha value is -3.10. The summed E-state index contributed by atoms with van der Waals surface area (Å²) in [4.78, 5) is 14.3. The van der Waals surface area contributed by atoms with E-state index < -0.39 is 5.91 Å². The summed E-state index contributed by atoms with van der Waals surface area (Å²) in [5.74, 6) is -0.470. The van der Waals surface area contributed by atoms with E-state index in [1.54, 1.807) is 0 Å². The molecule has 0 saturated carbocycles. The van der Waals surface area contributed by atoms with E-state index in [9.17, 15) is 4.79 Å². The minimum atomic E-state index is -0.470. The predicted molar refractivity (Wildman–Crippen MR) is 92.2 cm³/mol. The lowest BCUT2D eigenvalue weighted by molar-refractivity contribution is -0.117. The van der Waals surface area contributed by atoms with Crippen LogP contribution in [0.15, 0.2) is 59.2 Å². The second-order valence-corrected chi connectivity index (χ2v) is 5.49. The quantitative estimate of drug-likeness (QED) is 0.438. The van der Waals surface area contributed by atoms with Gasteiger partial charge in [0, 0.05) is 11.3 Å². The van der Waals surface area contributed by atoms with E-state index in [4.69, 9.17) is 5.53 Å². The zero-order valence-corrected chi connectivity index (χ0v) is 12.7. The molecule has 0 heterocycles. The minimum absolute atomic E-state index is 0.108. The molecule has 0 spiro atoms. The Bertz CT molecular complexity index is 873. The number of azide groups is 1. The number of nitrogens with zero attached hydrogens (tertiary/aromatic N) is 3. The van der Waals surface area contributed by atoms with Crippen molar-refractivity contribution >= 4 is 23.6 Å². The fourth-order valence-corrected chi connectivity index (χ4v) is 2.77. The van der Waals surface area contributed by atoms with Gasteiger partial charge in [-0.3, -0.25) is 4.79 Å². The van der Waals surface area contributed by atoms with Crippen LogP contribution in [-0.2, 0) is 4.79 Å². The van der Waals surface area contributed by atoms with E-state index in [0.717, 1.165) is 27.8 Å². The largest absolute Gasteiger partial charge is 0.292 e. The van der Waals surface area contributed by atoms with E-state index in [2.05, 4.69) is 34.3 Å². The minimum Gasteiger partial charge on any atom is -0.292 e. The number of carbonyl (C=O) groups is 1. The normalized spacial score (nSPS) is 14.1. The Morgan fingerprint density at radius 3 is 2.74 bits per heavy atom. The molecule has 1 aliphatic carbocycles. The van der Waals surface area contributed by atoms with Gasteiger partial charge in [0.1, 0.15) is 0 Å². The van der Waals surface area contributed by atoms with Gasteiger partial charge >= 0.3 is 0 Å². The number of fused-ring (bicyclic) bond motifs is 1. The van der Waals surface area contributed by atoms with Crippen LogP contribution >= 0.6 is 0 Å². The molecule has 0 radical (unpaired) electrons. The Morgan fingerprint density at radius 1 is 1.22 bits per heavy atom. The summed E-state index contributed by atoms with van der Waals surface area (Å²) in [7, 11) is 0. The van der Waals surface area contributed by atoms with Crippen LogP contribution in [0.5, 0.6) is 0 Å². The Kier molecular flexibility index (Phi) is 4.09. The van der Waals surface area contributed by atoms with Crippen LogP contribution in [-0.4, -0.2) is 5.91 Å². The molecule has 0 bridgehead atoms. The second-order valence-electron chi connectivity index (χ2n) is 5.49. The second kappa shape index (κ2) is 6.34. The summed E-state index contributed by atoms with van der Waals surface area (Å²) < 4.78 is 0. The van der Waals surface area contributed by atoms with Crippen LogP contribution in [0, 0.1) is 6.92 Å². The van der Waals surface area contributed by atoms with Crippen molar-refractivity contribution in [1.82, 2.24) is 0 Å². The van der Waals surface area contributed by atoms with Crippen molar-refractivity contribution in [3.05, 3.63) is 86.8 Å². The molecule has 0 atom stereocenters. The highest BCUT2D eigenvalue weighted by Gasteiger charge is 2.20. The molecular formula is C19H15N3O. The zero-order valence-electron chi connectivity index (χ0n) is 12.7. The first-order chi connectivity index (χ1) is 11.2. The van der Waals surface area contributed by atoms with Crippen molar-refractivity contribution in [3.63, 3.8) is 0 Å². The Morgan fingerprint density at radius 2 is 2.00 bits per heavy atom. The SMILES string of the molecule is Cc1ccc2c(c1)C=C(CC(=O)N=[N+]=[N-])/C2=C/c1ccccc1. The average Bonchev–Trinajstić information content (AvgIpc) is 2.85. The van der Waals surface area contributed by atoms with Gasteiger partial charge in [-0.05, 0) is 51.5 Å². The molecule has 0 N–H and O–H groups in total. The summed E-state index contributed by atoms with van der Waals surface area (Å²) in [6, 6.07) is 16.2. The number of hydrogen-bond acceptors (Lipinski definition) is 1. The molecule has 112 valence electrons. The molecule has 23 heavy (non-hydrogen) atoms. The fourth-order valence-electron chi connectivity index (χ4n) is 2.77. The van der Waals surface area contributed by atoms with Crippen LogP contribution in [0.25, 0.3) is 28.2 Å². The van der Waals surface area contributed by atoms with E-state index in [-0.39, 0.29) is 6.42 Å². The molecule has 2 aromatic carbocycles. The topological polar surface area (TPSA) is 65.8 Å². The molecule has 4 heteroatoms. The van der Waals surface area contributed by atoms with Crippen molar-refractivity contribution < 1.29 is 4.79 Å². The maximum absolute atomic E-state index is 11.7. The molecule has 2 aromatic rings. The Labute approximate surface area is 134 Å². The third kappa shape index (κ3) is 3.23. The fraction of sp³-hybridized carbons (Fsp3) is 0.105. The lowest BCUT2D eigenvalue weighted by Crippen LogP contribution is -1.95. The first-order valence-electron chi connectivity index (χ1n) is 7.34. The summed E-state index contributed by atoms with van der Waals surface area (Å²) in [6.07, 6.45) is 4.18. The average molecular weight is 301 g/mol. The number of benzene rings is 2. The summed E-state index contributed by atoms with van der Waals surface area (Å²) >= 11 is 0. The summed E-state index contributed by atoms with van der Waals surface area (Å²) in [5.41, 5.74) is 14.7. The Balaban J connectivity index is 2.06. The van der Waals surface area contributed by atoms with Crippen LogP contribution in [0.4, 0.5) is 0 Å². The summed E-state index contributed by atoms with van der Waals surface area (Å²) in [5, 5.41) is 3.18. The molecule has 0 unspecified atom stereocenters. The molecule has 1 amide bonds. The van der Waals surface area contributed by atoms with Gasteiger partial charge in [-0.2, -0.15) is 0 Å². The standard InChI is InChI=1S/C19H15N3O/c1-13-7-8-17-15(9-13)11-16(12-19(23)21-22-20)18(17)10-14-5-3-2-4-6-14/h2-11H,12H2,1H3/b18-10-. The molecule has 0 aromatic heterocycles. The highest BCUT2D eigenvalue weighted by molar-refractivity contribution is 6.04. The third-order valence-corrected chi connectivity index (χ3v) is 3.78. The van der Waals surface area contributed by atoms with Crippen molar-refractivity contribution in [1.29, 1.82) is 0 Å². The van der Waals surface area contributed by atoms with Crippen molar-refractivity contribution in [2.75, 3.05) is 0 Å². The van der Waals surface area contributed by atoms with Gasteiger partial charge in [0.15, 0.2) is 0 Å².